The fraction of sp³-hybridized carbons (Fsp3) is 0.500. The molecule has 98 valence electrons. The quantitative estimate of drug-likeness (QED) is 0.769. The largest absolute Gasteiger partial charge is 0.508 e. The minimum atomic E-state index is -0.483. The van der Waals surface area contributed by atoms with Gasteiger partial charge in [0.25, 0.3) is 0 Å². The van der Waals surface area contributed by atoms with Gasteiger partial charge in [0.2, 0.25) is 0 Å². The third-order valence-corrected chi connectivity index (χ3v) is 3.03. The first-order valence-corrected chi connectivity index (χ1v) is 6.06. The molecule has 1 N–H and O–H groups in total. The molecular weight excluding hydrogens is 230 g/mol. The van der Waals surface area contributed by atoms with Crippen molar-refractivity contribution in [3.8, 4) is 5.75 Å². The molecule has 1 aliphatic heterocycles. The number of hydrogen-bond acceptors (Lipinski definition) is 3. The van der Waals surface area contributed by atoms with E-state index in [1.54, 1.807) is 11.0 Å². The number of benzene rings is 1. The number of carbonyl (C=O) groups excluding carboxylic acids is 1. The highest BCUT2D eigenvalue weighted by molar-refractivity contribution is 5.69. The maximum absolute atomic E-state index is 12.0. The van der Waals surface area contributed by atoms with E-state index in [9.17, 15) is 9.90 Å². The first-order valence-electron chi connectivity index (χ1n) is 6.06. The third-order valence-electron chi connectivity index (χ3n) is 3.03. The summed E-state index contributed by atoms with van der Waals surface area (Å²) in [5.74, 6) is 0.278. The molecule has 0 atom stereocenters. The van der Waals surface area contributed by atoms with Crippen LogP contribution in [0.1, 0.15) is 37.5 Å². The van der Waals surface area contributed by atoms with Crippen LogP contribution in [0.15, 0.2) is 12.1 Å². The highest BCUT2D eigenvalue weighted by Gasteiger charge is 2.29. The van der Waals surface area contributed by atoms with Crippen LogP contribution >= 0.6 is 0 Å². The molecule has 0 aliphatic carbocycles. The highest BCUT2D eigenvalue weighted by Crippen LogP contribution is 2.31. The number of phenolic OH excluding ortho intramolecular Hbond substituents is 1. The van der Waals surface area contributed by atoms with Gasteiger partial charge in [-0.2, -0.15) is 0 Å². The normalized spacial score (nSPS) is 14.6. The van der Waals surface area contributed by atoms with Crippen molar-refractivity contribution in [3.63, 3.8) is 0 Å². The van der Waals surface area contributed by atoms with Gasteiger partial charge in [0, 0.05) is 6.54 Å². The van der Waals surface area contributed by atoms with E-state index >= 15 is 0 Å². The molecule has 0 spiro atoms. The standard InChI is InChI=1S/C14H19NO3/c1-9-11-8-15(13(17)18-14(2,3)4)7-10(11)5-6-12(9)16/h5-6,16H,7-8H2,1-4H3. The SMILES string of the molecule is Cc1c(O)ccc2c1CN(C(=O)OC(C)(C)C)C2. The Hall–Kier alpha value is -1.71. The van der Waals surface area contributed by atoms with E-state index in [4.69, 9.17) is 4.74 Å². The van der Waals surface area contributed by atoms with E-state index in [2.05, 4.69) is 0 Å². The highest BCUT2D eigenvalue weighted by atomic mass is 16.6. The summed E-state index contributed by atoms with van der Waals surface area (Å²) in [7, 11) is 0. The van der Waals surface area contributed by atoms with E-state index in [1.807, 2.05) is 33.8 Å². The number of aromatic hydroxyl groups is 1. The lowest BCUT2D eigenvalue weighted by molar-refractivity contribution is 0.0241. The molecule has 2 rings (SSSR count). The maximum Gasteiger partial charge on any atom is 0.410 e. The van der Waals surface area contributed by atoms with Crippen LogP contribution in [0.5, 0.6) is 5.75 Å². The summed E-state index contributed by atoms with van der Waals surface area (Å²) < 4.78 is 5.35. The minimum absolute atomic E-state index is 0.278. The van der Waals surface area contributed by atoms with Crippen LogP contribution < -0.4 is 0 Å². The zero-order valence-electron chi connectivity index (χ0n) is 11.3. The van der Waals surface area contributed by atoms with Crippen LogP contribution in [0.25, 0.3) is 0 Å². The predicted octanol–water partition coefficient (Wildman–Crippen LogP) is 2.95. The van der Waals surface area contributed by atoms with Crippen molar-refractivity contribution in [1.82, 2.24) is 4.90 Å². The zero-order chi connectivity index (χ0) is 13.5. The second-order valence-electron chi connectivity index (χ2n) is 5.68. The molecule has 4 nitrogen and oxygen atoms in total. The van der Waals surface area contributed by atoms with E-state index in [0.717, 1.165) is 16.7 Å². The number of amides is 1. The molecule has 0 saturated heterocycles. The molecule has 4 heteroatoms. The summed E-state index contributed by atoms with van der Waals surface area (Å²) in [6.07, 6.45) is -0.308. The fourth-order valence-electron chi connectivity index (χ4n) is 2.08. The first-order chi connectivity index (χ1) is 8.28. The van der Waals surface area contributed by atoms with Gasteiger partial charge in [0.1, 0.15) is 11.4 Å². The Morgan fingerprint density at radius 2 is 2.00 bits per heavy atom. The molecule has 0 fully saturated rings. The van der Waals surface area contributed by atoms with Crippen molar-refractivity contribution < 1.29 is 14.6 Å². The van der Waals surface area contributed by atoms with Crippen LogP contribution in [-0.2, 0) is 17.8 Å². The lowest BCUT2D eigenvalue weighted by atomic mass is 10.0. The van der Waals surface area contributed by atoms with Gasteiger partial charge in [-0.05, 0) is 50.5 Å². The van der Waals surface area contributed by atoms with E-state index < -0.39 is 5.60 Å². The molecule has 1 heterocycles. The second-order valence-corrected chi connectivity index (χ2v) is 5.68. The van der Waals surface area contributed by atoms with E-state index in [-0.39, 0.29) is 11.8 Å². The van der Waals surface area contributed by atoms with Gasteiger partial charge in [-0.3, -0.25) is 4.90 Å². The van der Waals surface area contributed by atoms with Crippen LogP contribution in [0, 0.1) is 6.92 Å². The van der Waals surface area contributed by atoms with Gasteiger partial charge in [0.15, 0.2) is 0 Å². The summed E-state index contributed by atoms with van der Waals surface area (Å²) in [6, 6.07) is 3.54. The Bertz CT molecular complexity index is 489. The van der Waals surface area contributed by atoms with Gasteiger partial charge in [-0.25, -0.2) is 4.79 Å². The summed E-state index contributed by atoms with van der Waals surface area (Å²) >= 11 is 0. The topological polar surface area (TPSA) is 49.8 Å². The van der Waals surface area contributed by atoms with Gasteiger partial charge < -0.3 is 9.84 Å². The monoisotopic (exact) mass is 249 g/mol. The van der Waals surface area contributed by atoms with Crippen molar-refractivity contribution in [2.75, 3.05) is 0 Å². The van der Waals surface area contributed by atoms with Gasteiger partial charge in [-0.15, -0.1) is 0 Å². The lowest BCUT2D eigenvalue weighted by Crippen LogP contribution is -2.33. The second kappa shape index (κ2) is 4.19. The Kier molecular flexibility index (Phi) is 2.97. The zero-order valence-corrected chi connectivity index (χ0v) is 11.3. The van der Waals surface area contributed by atoms with Crippen molar-refractivity contribution in [2.45, 2.75) is 46.4 Å². The van der Waals surface area contributed by atoms with E-state index in [0.29, 0.717) is 13.1 Å². The summed E-state index contributed by atoms with van der Waals surface area (Å²) in [4.78, 5) is 13.6. The number of nitrogens with zero attached hydrogens (tertiary/aromatic N) is 1. The van der Waals surface area contributed by atoms with Gasteiger partial charge in [-0.1, -0.05) is 6.07 Å². The number of rotatable bonds is 0. The van der Waals surface area contributed by atoms with Crippen molar-refractivity contribution in [1.29, 1.82) is 0 Å². The number of phenols is 1. The average molecular weight is 249 g/mol. The fourth-order valence-corrected chi connectivity index (χ4v) is 2.08. The molecule has 18 heavy (non-hydrogen) atoms. The Labute approximate surface area is 107 Å². The van der Waals surface area contributed by atoms with Crippen LogP contribution in [0.4, 0.5) is 4.79 Å². The van der Waals surface area contributed by atoms with Gasteiger partial charge >= 0.3 is 6.09 Å². The average Bonchev–Trinajstić information content (AvgIpc) is 2.66. The number of fused-ring (bicyclic) bond motifs is 1. The van der Waals surface area contributed by atoms with Crippen LogP contribution in [0.3, 0.4) is 0 Å². The molecule has 0 unspecified atom stereocenters. The molecule has 0 bridgehead atoms. The molecule has 0 radical (unpaired) electrons. The first kappa shape index (κ1) is 12.7. The summed E-state index contributed by atoms with van der Waals surface area (Å²) in [6.45, 7) is 8.48. The van der Waals surface area contributed by atoms with Gasteiger partial charge in [0.05, 0.1) is 6.54 Å². The molecule has 0 saturated carbocycles. The molecule has 1 amide bonds. The van der Waals surface area contributed by atoms with Crippen molar-refractivity contribution in [3.05, 3.63) is 28.8 Å². The number of hydrogen-bond donors (Lipinski definition) is 1. The van der Waals surface area contributed by atoms with Crippen molar-refractivity contribution >= 4 is 6.09 Å². The molecular formula is C14H19NO3. The van der Waals surface area contributed by atoms with Crippen LogP contribution in [-0.4, -0.2) is 21.7 Å². The molecule has 1 aromatic carbocycles. The summed E-state index contributed by atoms with van der Waals surface area (Å²) in [5, 5.41) is 9.66. The number of carbonyl (C=O) groups is 1. The Balaban J connectivity index is 2.15. The van der Waals surface area contributed by atoms with Crippen molar-refractivity contribution in [2.24, 2.45) is 0 Å². The Morgan fingerprint density at radius 3 is 2.61 bits per heavy atom. The number of ether oxygens (including phenoxy) is 1. The molecule has 1 aromatic rings. The predicted molar refractivity (Wildman–Crippen MR) is 68.3 cm³/mol. The minimum Gasteiger partial charge on any atom is -0.508 e. The molecule has 1 aliphatic rings. The van der Waals surface area contributed by atoms with E-state index in [1.165, 1.54) is 0 Å². The summed E-state index contributed by atoms with van der Waals surface area (Å²) in [5.41, 5.74) is 2.47. The smallest absolute Gasteiger partial charge is 0.410 e. The maximum atomic E-state index is 12.0. The Morgan fingerprint density at radius 1 is 1.33 bits per heavy atom. The van der Waals surface area contributed by atoms with Crippen LogP contribution in [0.2, 0.25) is 0 Å². The third kappa shape index (κ3) is 2.42. The molecule has 0 aromatic heterocycles. The lowest BCUT2D eigenvalue weighted by Gasteiger charge is -2.24.